The van der Waals surface area contributed by atoms with E-state index >= 15 is 0 Å². The summed E-state index contributed by atoms with van der Waals surface area (Å²) in [5, 5.41) is 9.98. The first-order valence-corrected chi connectivity index (χ1v) is 10.5. The molecule has 0 aliphatic rings. The first kappa shape index (κ1) is 21.9. The Morgan fingerprint density at radius 1 is 1.07 bits per heavy atom. The van der Waals surface area contributed by atoms with E-state index in [0.29, 0.717) is 10.7 Å². The molecule has 2 aromatic rings. The van der Waals surface area contributed by atoms with Crippen molar-refractivity contribution < 1.29 is 17.9 Å². The van der Waals surface area contributed by atoms with Gasteiger partial charge in [0.2, 0.25) is 5.88 Å². The average molecular weight is 427 g/mol. The SMILES string of the molecule is COc1ccc(S(=O)(=O)NC(=O)Nc2c(C(C)C)cc(Cl)cc2C(C)C)nn1. The quantitative estimate of drug-likeness (QED) is 0.724. The summed E-state index contributed by atoms with van der Waals surface area (Å²) in [6, 6.07) is 5.16. The molecule has 1 aromatic heterocycles. The van der Waals surface area contributed by atoms with Crippen molar-refractivity contribution in [3.8, 4) is 5.88 Å². The van der Waals surface area contributed by atoms with Crippen molar-refractivity contribution in [1.82, 2.24) is 14.9 Å². The molecular weight excluding hydrogens is 404 g/mol. The number of amides is 2. The highest BCUT2D eigenvalue weighted by Gasteiger charge is 2.23. The van der Waals surface area contributed by atoms with Gasteiger partial charge in [0.25, 0.3) is 10.0 Å². The van der Waals surface area contributed by atoms with Crippen LogP contribution in [0.4, 0.5) is 10.5 Å². The van der Waals surface area contributed by atoms with Crippen LogP contribution < -0.4 is 14.8 Å². The van der Waals surface area contributed by atoms with Crippen LogP contribution in [0, 0.1) is 0 Å². The molecule has 2 amide bonds. The van der Waals surface area contributed by atoms with Gasteiger partial charge in [0.15, 0.2) is 5.03 Å². The summed E-state index contributed by atoms with van der Waals surface area (Å²) in [6.07, 6.45) is 0. The first-order valence-electron chi connectivity index (χ1n) is 8.60. The van der Waals surface area contributed by atoms with Gasteiger partial charge in [-0.2, -0.15) is 8.42 Å². The number of nitrogens with one attached hydrogen (secondary N) is 2. The van der Waals surface area contributed by atoms with Crippen molar-refractivity contribution >= 4 is 33.3 Å². The Balaban J connectivity index is 2.31. The van der Waals surface area contributed by atoms with Gasteiger partial charge in [-0.25, -0.2) is 9.52 Å². The number of carbonyl (C=O) groups is 1. The summed E-state index contributed by atoms with van der Waals surface area (Å²) in [4.78, 5) is 12.5. The molecule has 0 saturated heterocycles. The molecule has 0 fully saturated rings. The number of hydrogen-bond acceptors (Lipinski definition) is 6. The van der Waals surface area contributed by atoms with Crippen LogP contribution in [-0.2, 0) is 10.0 Å². The number of halogens is 1. The summed E-state index contributed by atoms with van der Waals surface area (Å²) in [5.41, 5.74) is 2.17. The standard InChI is InChI=1S/C18H23ClN4O4S/c1-10(2)13-8-12(19)9-14(11(3)4)17(13)20-18(24)23-28(25,26)16-7-6-15(27-5)21-22-16/h6-11H,1-5H3,(H2,20,23,24). The van der Waals surface area contributed by atoms with E-state index in [4.69, 9.17) is 16.3 Å². The lowest BCUT2D eigenvalue weighted by molar-refractivity contribution is 0.256. The minimum Gasteiger partial charge on any atom is -0.480 e. The molecule has 0 spiro atoms. The van der Waals surface area contributed by atoms with Gasteiger partial charge in [0, 0.05) is 16.8 Å². The highest BCUT2D eigenvalue weighted by molar-refractivity contribution is 7.90. The second-order valence-electron chi connectivity index (χ2n) is 6.74. The van der Waals surface area contributed by atoms with Gasteiger partial charge >= 0.3 is 6.03 Å². The smallest absolute Gasteiger partial charge is 0.333 e. The van der Waals surface area contributed by atoms with Crippen molar-refractivity contribution in [2.75, 3.05) is 12.4 Å². The maximum atomic E-state index is 12.5. The molecule has 8 nitrogen and oxygen atoms in total. The second kappa shape index (κ2) is 8.74. The number of anilines is 1. The summed E-state index contributed by atoms with van der Waals surface area (Å²) < 4.78 is 31.6. The molecule has 0 radical (unpaired) electrons. The number of ether oxygens (including phenoxy) is 1. The van der Waals surface area contributed by atoms with Crippen LogP contribution in [0.2, 0.25) is 5.02 Å². The molecule has 1 aromatic carbocycles. The third kappa shape index (κ3) is 5.11. The molecule has 2 N–H and O–H groups in total. The topological polar surface area (TPSA) is 110 Å². The maximum Gasteiger partial charge on any atom is 0.333 e. The summed E-state index contributed by atoms with van der Waals surface area (Å²) in [6.45, 7) is 7.84. The molecule has 10 heteroatoms. The van der Waals surface area contributed by atoms with Crippen molar-refractivity contribution in [3.63, 3.8) is 0 Å². The van der Waals surface area contributed by atoms with E-state index in [1.165, 1.54) is 19.2 Å². The number of rotatable bonds is 6. The molecule has 152 valence electrons. The Hall–Kier alpha value is -2.39. The van der Waals surface area contributed by atoms with Crippen molar-refractivity contribution in [2.24, 2.45) is 0 Å². The average Bonchev–Trinajstić information content (AvgIpc) is 2.62. The normalized spacial score (nSPS) is 11.6. The molecular formula is C18H23ClN4O4S. The van der Waals surface area contributed by atoms with Gasteiger partial charge in [-0.05, 0) is 41.2 Å². The maximum absolute atomic E-state index is 12.5. The zero-order valence-electron chi connectivity index (χ0n) is 16.3. The number of sulfonamides is 1. The zero-order valence-corrected chi connectivity index (χ0v) is 17.9. The Morgan fingerprint density at radius 2 is 1.64 bits per heavy atom. The van der Waals surface area contributed by atoms with Gasteiger partial charge in [0.1, 0.15) is 0 Å². The van der Waals surface area contributed by atoms with Crippen molar-refractivity contribution in [3.05, 3.63) is 40.4 Å². The van der Waals surface area contributed by atoms with Gasteiger partial charge in [0.05, 0.1) is 7.11 Å². The molecule has 0 saturated carbocycles. The van der Waals surface area contributed by atoms with Crippen molar-refractivity contribution in [2.45, 2.75) is 44.6 Å². The van der Waals surface area contributed by atoms with E-state index in [1.807, 2.05) is 32.4 Å². The predicted octanol–water partition coefficient (Wildman–Crippen LogP) is 3.90. The summed E-state index contributed by atoms with van der Waals surface area (Å²) in [5.74, 6) is 0.291. The van der Waals surface area contributed by atoms with E-state index in [1.54, 1.807) is 12.1 Å². The van der Waals surface area contributed by atoms with Crippen LogP contribution in [-0.4, -0.2) is 31.8 Å². The molecule has 2 rings (SSSR count). The van der Waals surface area contributed by atoms with Gasteiger partial charge in [-0.15, -0.1) is 10.2 Å². The number of benzene rings is 1. The Bertz CT molecular complexity index is 931. The molecule has 0 unspecified atom stereocenters. The van der Waals surface area contributed by atoms with Crippen LogP contribution in [0.25, 0.3) is 0 Å². The molecule has 0 aliphatic carbocycles. The fourth-order valence-electron chi connectivity index (χ4n) is 2.58. The van der Waals surface area contributed by atoms with Gasteiger partial charge < -0.3 is 10.1 Å². The second-order valence-corrected chi connectivity index (χ2v) is 8.81. The van der Waals surface area contributed by atoms with E-state index in [-0.39, 0.29) is 17.7 Å². The lowest BCUT2D eigenvalue weighted by atomic mass is 9.92. The monoisotopic (exact) mass is 426 g/mol. The molecule has 0 bridgehead atoms. The zero-order chi connectivity index (χ0) is 21.1. The summed E-state index contributed by atoms with van der Waals surface area (Å²) in [7, 11) is -2.81. The molecule has 0 aliphatic heterocycles. The highest BCUT2D eigenvalue weighted by Crippen LogP contribution is 2.35. The molecule has 0 atom stereocenters. The molecule has 28 heavy (non-hydrogen) atoms. The third-order valence-electron chi connectivity index (χ3n) is 3.97. The van der Waals surface area contributed by atoms with Crippen molar-refractivity contribution in [1.29, 1.82) is 0 Å². The third-order valence-corrected chi connectivity index (χ3v) is 5.41. The fraction of sp³-hybridized carbons (Fsp3) is 0.389. The Morgan fingerprint density at radius 3 is 2.07 bits per heavy atom. The highest BCUT2D eigenvalue weighted by atomic mass is 35.5. The van der Waals surface area contributed by atoms with Crippen LogP contribution in [0.5, 0.6) is 5.88 Å². The van der Waals surface area contributed by atoms with Crippen LogP contribution in [0.3, 0.4) is 0 Å². The minimum absolute atomic E-state index is 0.0653. The number of urea groups is 1. The lowest BCUT2D eigenvalue weighted by Crippen LogP contribution is -2.35. The number of nitrogens with zero attached hydrogens (tertiary/aromatic N) is 2. The molecule has 1 heterocycles. The van der Waals surface area contributed by atoms with Crippen LogP contribution >= 0.6 is 11.6 Å². The van der Waals surface area contributed by atoms with E-state index in [2.05, 4.69) is 15.5 Å². The number of carbonyl (C=O) groups excluding carboxylic acids is 1. The number of hydrogen-bond donors (Lipinski definition) is 2. The Kier molecular flexibility index (Phi) is 6.84. The largest absolute Gasteiger partial charge is 0.480 e. The minimum atomic E-state index is -4.20. The van der Waals surface area contributed by atoms with E-state index in [0.717, 1.165) is 11.1 Å². The van der Waals surface area contributed by atoms with Crippen LogP contribution in [0.1, 0.15) is 50.7 Å². The fourth-order valence-corrected chi connectivity index (χ4v) is 3.61. The Labute approximate surface area is 169 Å². The van der Waals surface area contributed by atoms with E-state index < -0.39 is 21.1 Å². The number of methoxy groups -OCH3 is 1. The lowest BCUT2D eigenvalue weighted by Gasteiger charge is -2.21. The van der Waals surface area contributed by atoms with Crippen LogP contribution in [0.15, 0.2) is 29.3 Å². The predicted molar refractivity (Wildman–Crippen MR) is 108 cm³/mol. The van der Waals surface area contributed by atoms with Gasteiger partial charge in [-0.1, -0.05) is 39.3 Å². The first-order chi connectivity index (χ1) is 13.0. The summed E-state index contributed by atoms with van der Waals surface area (Å²) >= 11 is 6.21. The van der Waals surface area contributed by atoms with Gasteiger partial charge in [-0.3, -0.25) is 0 Å². The number of aromatic nitrogens is 2. The van der Waals surface area contributed by atoms with E-state index in [9.17, 15) is 13.2 Å².